The Labute approximate surface area is 124 Å². The maximum Gasteiger partial charge on any atom is 0.259 e. The van der Waals surface area contributed by atoms with Crippen LogP contribution in [0.25, 0.3) is 0 Å². The fraction of sp³-hybridized carbons (Fsp3) is 0.583. The topological polar surface area (TPSA) is 94.7 Å². The number of sulfonamides is 1. The first-order chi connectivity index (χ1) is 9.79. The van der Waals surface area contributed by atoms with E-state index >= 15 is 0 Å². The molecular formula is C12H20N6O2S. The van der Waals surface area contributed by atoms with Crippen LogP contribution in [0.3, 0.4) is 0 Å². The highest BCUT2D eigenvalue weighted by atomic mass is 32.2. The lowest BCUT2D eigenvalue weighted by molar-refractivity contribution is 0.361. The van der Waals surface area contributed by atoms with Gasteiger partial charge in [-0.1, -0.05) is 13.8 Å². The van der Waals surface area contributed by atoms with Gasteiger partial charge in [0.2, 0.25) is 0 Å². The van der Waals surface area contributed by atoms with Crippen molar-refractivity contribution in [3.05, 3.63) is 24.4 Å². The monoisotopic (exact) mass is 312 g/mol. The number of nitrogens with zero attached hydrogens (tertiary/aromatic N) is 5. The minimum absolute atomic E-state index is 0.0292. The van der Waals surface area contributed by atoms with Crippen LogP contribution in [0.5, 0.6) is 0 Å². The Morgan fingerprint density at radius 1 is 1.29 bits per heavy atom. The molecule has 0 saturated carbocycles. The van der Waals surface area contributed by atoms with Crippen molar-refractivity contribution < 1.29 is 8.42 Å². The zero-order chi connectivity index (χ0) is 15.6. The Morgan fingerprint density at radius 2 is 1.90 bits per heavy atom. The van der Waals surface area contributed by atoms with Crippen LogP contribution < -0.4 is 4.72 Å². The zero-order valence-electron chi connectivity index (χ0n) is 12.6. The summed E-state index contributed by atoms with van der Waals surface area (Å²) in [6, 6.07) is -0.315. The summed E-state index contributed by atoms with van der Waals surface area (Å²) >= 11 is 0. The highest BCUT2D eigenvalue weighted by Gasteiger charge is 2.25. The van der Waals surface area contributed by atoms with E-state index < -0.39 is 10.0 Å². The minimum atomic E-state index is -3.66. The molecule has 0 aliphatic rings. The Balaban J connectivity index is 2.19. The maximum absolute atomic E-state index is 12.4. The van der Waals surface area contributed by atoms with Crippen LogP contribution in [0, 0.1) is 12.8 Å². The maximum atomic E-state index is 12.4. The standard InChI is InChI=1S/C12H20N6O2S/c1-9(2)11(7-18-13-5-6-14-18)16-21(19,20)12-8-17(4)10(3)15-12/h5-6,8-9,11,16H,7H2,1-4H3. The molecule has 8 nitrogen and oxygen atoms in total. The zero-order valence-corrected chi connectivity index (χ0v) is 13.4. The van der Waals surface area contributed by atoms with Gasteiger partial charge in [-0.05, 0) is 12.8 Å². The van der Waals surface area contributed by atoms with E-state index in [1.54, 1.807) is 30.9 Å². The SMILES string of the molecule is Cc1nc(S(=O)(=O)NC(Cn2nccn2)C(C)C)cn1C. The minimum Gasteiger partial charge on any atom is -0.337 e. The van der Waals surface area contributed by atoms with Gasteiger partial charge in [-0.3, -0.25) is 0 Å². The second-order valence-electron chi connectivity index (χ2n) is 5.29. The van der Waals surface area contributed by atoms with Crippen LogP contribution in [0.1, 0.15) is 19.7 Å². The molecule has 0 spiro atoms. The quantitative estimate of drug-likeness (QED) is 0.829. The molecule has 1 atom stereocenters. The van der Waals surface area contributed by atoms with Crippen molar-refractivity contribution in [2.45, 2.75) is 38.4 Å². The van der Waals surface area contributed by atoms with Crippen LogP contribution in [0.2, 0.25) is 0 Å². The smallest absolute Gasteiger partial charge is 0.259 e. The summed E-state index contributed by atoms with van der Waals surface area (Å²) in [6.45, 7) is 6.02. The fourth-order valence-electron chi connectivity index (χ4n) is 1.81. The molecule has 2 heterocycles. The lowest BCUT2D eigenvalue weighted by Crippen LogP contribution is -2.42. The van der Waals surface area contributed by atoms with Gasteiger partial charge < -0.3 is 4.57 Å². The molecule has 0 aliphatic carbocycles. The van der Waals surface area contributed by atoms with E-state index in [1.165, 1.54) is 11.0 Å². The first-order valence-corrected chi connectivity index (χ1v) is 8.14. The number of imidazole rings is 1. The van der Waals surface area contributed by atoms with Crippen molar-refractivity contribution in [2.24, 2.45) is 13.0 Å². The Bertz CT molecular complexity index is 670. The summed E-state index contributed by atoms with van der Waals surface area (Å²) in [5, 5.41) is 8.05. The van der Waals surface area contributed by atoms with Crippen molar-refractivity contribution >= 4 is 10.0 Å². The summed E-state index contributed by atoms with van der Waals surface area (Å²) in [6.07, 6.45) is 4.63. The molecule has 0 fully saturated rings. The summed E-state index contributed by atoms with van der Waals surface area (Å²) < 4.78 is 29.2. The van der Waals surface area contributed by atoms with Crippen molar-refractivity contribution in [2.75, 3.05) is 0 Å². The van der Waals surface area contributed by atoms with Crippen molar-refractivity contribution in [3.63, 3.8) is 0 Å². The second-order valence-corrected chi connectivity index (χ2v) is 6.95. The van der Waals surface area contributed by atoms with Crippen LogP contribution in [0.4, 0.5) is 0 Å². The molecule has 1 unspecified atom stereocenters. The predicted molar refractivity (Wildman–Crippen MR) is 76.9 cm³/mol. The molecular weight excluding hydrogens is 292 g/mol. The average molecular weight is 312 g/mol. The van der Waals surface area contributed by atoms with Crippen molar-refractivity contribution in [1.82, 2.24) is 29.3 Å². The van der Waals surface area contributed by atoms with Gasteiger partial charge in [0.15, 0.2) is 5.03 Å². The molecule has 21 heavy (non-hydrogen) atoms. The van der Waals surface area contributed by atoms with E-state index in [1.807, 2.05) is 13.8 Å². The third-order valence-corrected chi connectivity index (χ3v) is 4.66. The van der Waals surface area contributed by atoms with E-state index in [0.29, 0.717) is 12.4 Å². The molecule has 0 saturated heterocycles. The molecule has 1 N–H and O–H groups in total. The summed E-state index contributed by atoms with van der Waals surface area (Å²) in [5.74, 6) is 0.737. The molecule has 116 valence electrons. The number of hydrogen-bond acceptors (Lipinski definition) is 5. The number of nitrogens with one attached hydrogen (secondary N) is 1. The lowest BCUT2D eigenvalue weighted by atomic mass is 10.1. The van der Waals surface area contributed by atoms with Gasteiger partial charge in [-0.25, -0.2) is 18.1 Å². The lowest BCUT2D eigenvalue weighted by Gasteiger charge is -2.21. The molecule has 2 aromatic rings. The van der Waals surface area contributed by atoms with Gasteiger partial charge in [-0.2, -0.15) is 15.0 Å². The van der Waals surface area contributed by atoms with Gasteiger partial charge in [-0.15, -0.1) is 0 Å². The van der Waals surface area contributed by atoms with E-state index in [-0.39, 0.29) is 17.0 Å². The Kier molecular flexibility index (Phi) is 4.43. The Hall–Kier alpha value is -1.74. The third-order valence-electron chi connectivity index (χ3n) is 3.30. The number of aromatic nitrogens is 5. The third kappa shape index (κ3) is 3.67. The van der Waals surface area contributed by atoms with Gasteiger partial charge in [0.1, 0.15) is 5.82 Å². The summed E-state index contributed by atoms with van der Waals surface area (Å²) in [4.78, 5) is 5.53. The van der Waals surface area contributed by atoms with Gasteiger partial charge >= 0.3 is 0 Å². The van der Waals surface area contributed by atoms with E-state index in [2.05, 4.69) is 19.9 Å². The van der Waals surface area contributed by atoms with Crippen LogP contribution in [0.15, 0.2) is 23.6 Å². The molecule has 0 aliphatic heterocycles. The van der Waals surface area contributed by atoms with Gasteiger partial charge in [0.05, 0.1) is 18.9 Å². The van der Waals surface area contributed by atoms with Crippen LogP contribution in [-0.4, -0.2) is 39.0 Å². The van der Waals surface area contributed by atoms with Crippen molar-refractivity contribution in [1.29, 1.82) is 0 Å². The number of rotatable bonds is 6. The molecule has 2 rings (SSSR count). The Morgan fingerprint density at radius 3 is 2.38 bits per heavy atom. The largest absolute Gasteiger partial charge is 0.337 e. The molecule has 0 amide bonds. The highest BCUT2D eigenvalue weighted by molar-refractivity contribution is 7.89. The summed E-state index contributed by atoms with van der Waals surface area (Å²) in [7, 11) is -1.90. The summed E-state index contributed by atoms with van der Waals surface area (Å²) in [5.41, 5.74) is 0. The normalized spacial score (nSPS) is 13.8. The van der Waals surface area contributed by atoms with Crippen LogP contribution in [-0.2, 0) is 23.6 Å². The first kappa shape index (κ1) is 15.6. The second kappa shape index (κ2) is 5.94. The highest BCUT2D eigenvalue weighted by Crippen LogP contribution is 2.12. The molecule has 0 bridgehead atoms. The van der Waals surface area contributed by atoms with Crippen molar-refractivity contribution in [3.8, 4) is 0 Å². The van der Waals surface area contributed by atoms with E-state index in [9.17, 15) is 8.42 Å². The number of hydrogen-bond donors (Lipinski definition) is 1. The predicted octanol–water partition coefficient (Wildman–Crippen LogP) is 0.323. The van der Waals surface area contributed by atoms with Crippen LogP contribution >= 0.6 is 0 Å². The molecule has 9 heteroatoms. The molecule has 0 radical (unpaired) electrons. The molecule has 2 aromatic heterocycles. The van der Waals surface area contributed by atoms with Gasteiger partial charge in [0, 0.05) is 19.3 Å². The van der Waals surface area contributed by atoms with E-state index in [0.717, 1.165) is 0 Å². The first-order valence-electron chi connectivity index (χ1n) is 6.66. The van der Waals surface area contributed by atoms with Gasteiger partial charge in [0.25, 0.3) is 10.0 Å². The van der Waals surface area contributed by atoms with E-state index in [4.69, 9.17) is 0 Å². The fourth-order valence-corrected chi connectivity index (χ4v) is 3.23. The number of aryl methyl sites for hydroxylation is 2. The molecule has 0 aromatic carbocycles. The average Bonchev–Trinajstić information content (AvgIpc) is 3.00.